The normalized spacial score (nSPS) is 11.8. The van der Waals surface area contributed by atoms with Gasteiger partial charge in [0.15, 0.2) is 5.37 Å². The quantitative estimate of drug-likeness (QED) is 0.451. The average Bonchev–Trinajstić information content (AvgIpc) is 1.98. The minimum atomic E-state index is -0.741. The van der Waals surface area contributed by atoms with Crippen LogP contribution in [0.15, 0.2) is 0 Å². The molecule has 0 unspecified atom stereocenters. The van der Waals surface area contributed by atoms with Gasteiger partial charge in [-0.25, -0.2) is 9.59 Å². The number of carbonyl (C=O) groups is 2. The van der Waals surface area contributed by atoms with Crippen LogP contribution in [0.4, 0.5) is 4.79 Å². The zero-order valence-corrected chi connectivity index (χ0v) is 7.10. The third-order valence-corrected chi connectivity index (χ3v) is 1.71. The zero-order chi connectivity index (χ0) is 8.85. The van der Waals surface area contributed by atoms with Crippen molar-refractivity contribution in [2.75, 3.05) is 13.4 Å². The van der Waals surface area contributed by atoms with Crippen molar-refractivity contribution < 1.29 is 14.3 Å². The molecule has 2 amide bonds. The van der Waals surface area contributed by atoms with Crippen LogP contribution in [0, 0.1) is 0 Å². The van der Waals surface area contributed by atoms with E-state index in [2.05, 4.69) is 10.1 Å². The number of ether oxygens (including phenoxy) is 1. The third kappa shape index (κ3) is 3.72. The molecule has 0 aliphatic heterocycles. The van der Waals surface area contributed by atoms with Gasteiger partial charge in [0.2, 0.25) is 0 Å². The molecule has 0 bridgehead atoms. The molecule has 0 saturated heterocycles. The van der Waals surface area contributed by atoms with Gasteiger partial charge in [0.25, 0.3) is 0 Å². The maximum absolute atomic E-state index is 10.8. The smallest absolute Gasteiger partial charge is 0.339 e. The summed E-state index contributed by atoms with van der Waals surface area (Å²) in [6, 6.07) is -0.741. The lowest BCUT2D eigenvalue weighted by Gasteiger charge is -2.11. The van der Waals surface area contributed by atoms with E-state index in [0.717, 1.165) is 11.8 Å². The molecule has 0 aromatic carbocycles. The maximum atomic E-state index is 10.8. The van der Waals surface area contributed by atoms with Crippen molar-refractivity contribution in [1.29, 1.82) is 0 Å². The number of primary amides is 1. The van der Waals surface area contributed by atoms with Crippen LogP contribution in [0.2, 0.25) is 0 Å². The van der Waals surface area contributed by atoms with E-state index in [1.165, 1.54) is 7.11 Å². The zero-order valence-electron chi connectivity index (χ0n) is 6.29. The van der Waals surface area contributed by atoms with E-state index in [-0.39, 0.29) is 0 Å². The van der Waals surface area contributed by atoms with Crippen LogP contribution in [0.5, 0.6) is 0 Å². The van der Waals surface area contributed by atoms with Crippen molar-refractivity contribution >= 4 is 23.8 Å². The molecule has 6 heteroatoms. The number of nitrogens with two attached hydrogens (primary N) is 1. The number of esters is 1. The minimum absolute atomic E-state index is 0.517. The molecule has 0 radical (unpaired) electrons. The summed E-state index contributed by atoms with van der Waals surface area (Å²) in [7, 11) is 1.24. The van der Waals surface area contributed by atoms with Gasteiger partial charge in [-0.1, -0.05) is 0 Å². The van der Waals surface area contributed by atoms with Crippen LogP contribution >= 0.6 is 11.8 Å². The Labute approximate surface area is 68.6 Å². The molecule has 0 aliphatic carbocycles. The largest absolute Gasteiger partial charge is 0.467 e. The van der Waals surface area contributed by atoms with Gasteiger partial charge < -0.3 is 15.8 Å². The van der Waals surface area contributed by atoms with Gasteiger partial charge >= 0.3 is 12.0 Å². The molecule has 0 aromatic rings. The number of hydrogen-bond donors (Lipinski definition) is 2. The van der Waals surface area contributed by atoms with E-state index in [4.69, 9.17) is 5.73 Å². The highest BCUT2D eigenvalue weighted by atomic mass is 32.2. The number of amides is 2. The number of nitrogens with one attached hydrogen (secondary N) is 1. The molecule has 5 nitrogen and oxygen atoms in total. The molecule has 0 aromatic heterocycles. The van der Waals surface area contributed by atoms with Crippen molar-refractivity contribution in [3.8, 4) is 0 Å². The molecule has 11 heavy (non-hydrogen) atoms. The minimum Gasteiger partial charge on any atom is -0.467 e. The van der Waals surface area contributed by atoms with E-state index >= 15 is 0 Å². The molecule has 3 N–H and O–H groups in total. The van der Waals surface area contributed by atoms with Gasteiger partial charge in [0.05, 0.1) is 7.11 Å². The third-order valence-electron chi connectivity index (χ3n) is 0.924. The Morgan fingerprint density at radius 3 is 2.45 bits per heavy atom. The van der Waals surface area contributed by atoms with E-state index in [1.807, 2.05) is 0 Å². The predicted molar refractivity (Wildman–Crippen MR) is 42.0 cm³/mol. The molecular weight excluding hydrogens is 168 g/mol. The Morgan fingerprint density at radius 2 is 2.18 bits per heavy atom. The second-order valence-electron chi connectivity index (χ2n) is 1.65. The van der Waals surface area contributed by atoms with Crippen molar-refractivity contribution in [2.24, 2.45) is 5.73 Å². The predicted octanol–water partition coefficient (Wildman–Crippen LogP) is -0.483. The molecule has 0 aliphatic rings. The Hall–Kier alpha value is -0.910. The van der Waals surface area contributed by atoms with Gasteiger partial charge in [0, 0.05) is 0 Å². The highest BCUT2D eigenvalue weighted by Crippen LogP contribution is 2.03. The fourth-order valence-corrected chi connectivity index (χ4v) is 0.973. The van der Waals surface area contributed by atoms with Gasteiger partial charge in [0.1, 0.15) is 0 Å². The van der Waals surface area contributed by atoms with E-state index in [0.29, 0.717) is 0 Å². The average molecular weight is 178 g/mol. The number of carbonyl (C=O) groups excluding carboxylic acids is 2. The Balaban J connectivity index is 3.94. The molecule has 0 fully saturated rings. The summed E-state index contributed by atoms with van der Waals surface area (Å²) in [5.41, 5.74) is 4.79. The monoisotopic (exact) mass is 178 g/mol. The first-order chi connectivity index (χ1) is 5.11. The summed E-state index contributed by atoms with van der Waals surface area (Å²) in [5.74, 6) is -0.517. The molecule has 0 saturated carbocycles. The second-order valence-corrected chi connectivity index (χ2v) is 2.59. The van der Waals surface area contributed by atoms with Crippen LogP contribution in [-0.2, 0) is 9.53 Å². The van der Waals surface area contributed by atoms with Crippen molar-refractivity contribution in [3.05, 3.63) is 0 Å². The van der Waals surface area contributed by atoms with E-state index in [9.17, 15) is 9.59 Å². The first-order valence-electron chi connectivity index (χ1n) is 2.78. The highest BCUT2D eigenvalue weighted by Gasteiger charge is 2.18. The fourth-order valence-electron chi connectivity index (χ4n) is 0.450. The summed E-state index contributed by atoms with van der Waals surface area (Å²) in [6.07, 6.45) is 1.66. The lowest BCUT2D eigenvalue weighted by Crippen LogP contribution is -2.41. The van der Waals surface area contributed by atoms with Crippen molar-refractivity contribution in [1.82, 2.24) is 5.32 Å². The van der Waals surface area contributed by atoms with E-state index in [1.54, 1.807) is 6.26 Å². The van der Waals surface area contributed by atoms with Gasteiger partial charge in [-0.2, -0.15) is 0 Å². The number of rotatable bonds is 3. The summed E-state index contributed by atoms with van der Waals surface area (Å²) in [6.45, 7) is 0. The SMILES string of the molecule is COC(=O)[C@H](NC(N)=O)SC. The van der Waals surface area contributed by atoms with Crippen molar-refractivity contribution in [3.63, 3.8) is 0 Å². The summed E-state index contributed by atoms with van der Waals surface area (Å²) in [5, 5.41) is 1.50. The van der Waals surface area contributed by atoms with Crippen LogP contribution < -0.4 is 11.1 Å². The Morgan fingerprint density at radius 1 is 1.64 bits per heavy atom. The second kappa shape index (κ2) is 4.84. The molecule has 0 heterocycles. The maximum Gasteiger partial charge on any atom is 0.339 e. The highest BCUT2D eigenvalue weighted by molar-refractivity contribution is 7.99. The van der Waals surface area contributed by atoms with Gasteiger partial charge in [-0.05, 0) is 6.26 Å². The van der Waals surface area contributed by atoms with Crippen molar-refractivity contribution in [2.45, 2.75) is 5.37 Å². The van der Waals surface area contributed by atoms with Crippen LogP contribution in [0.3, 0.4) is 0 Å². The van der Waals surface area contributed by atoms with Gasteiger partial charge in [-0.15, -0.1) is 11.8 Å². The van der Waals surface area contributed by atoms with Gasteiger partial charge in [-0.3, -0.25) is 0 Å². The molecule has 64 valence electrons. The molecule has 0 rings (SSSR count). The standard InChI is InChI=1S/C5H10N2O3S/c1-10-4(8)3(11-2)7-5(6)9/h3H,1-2H3,(H3,6,7,9)/t3-/m1/s1. The van der Waals surface area contributed by atoms with E-state index < -0.39 is 17.4 Å². The number of thioether (sulfide) groups is 1. The first-order valence-corrected chi connectivity index (χ1v) is 4.07. The Bertz CT molecular complexity index is 162. The van der Waals surface area contributed by atoms with Crippen LogP contribution in [0.1, 0.15) is 0 Å². The van der Waals surface area contributed by atoms with Crippen LogP contribution in [-0.4, -0.2) is 30.7 Å². The topological polar surface area (TPSA) is 81.4 Å². The summed E-state index contributed by atoms with van der Waals surface area (Å²) >= 11 is 1.14. The summed E-state index contributed by atoms with van der Waals surface area (Å²) < 4.78 is 4.37. The molecule has 0 spiro atoms. The van der Waals surface area contributed by atoms with Crippen LogP contribution in [0.25, 0.3) is 0 Å². The number of hydrogen-bond acceptors (Lipinski definition) is 4. The number of urea groups is 1. The lowest BCUT2D eigenvalue weighted by atomic mass is 10.6. The first kappa shape index (κ1) is 10.1. The molecule has 1 atom stereocenters. The molecular formula is C5H10N2O3S. The lowest BCUT2D eigenvalue weighted by molar-refractivity contribution is -0.140. The number of methoxy groups -OCH3 is 1. The summed E-state index contributed by atoms with van der Waals surface area (Å²) in [4.78, 5) is 21.0. The fraction of sp³-hybridized carbons (Fsp3) is 0.600. The Kier molecular flexibility index (Phi) is 4.44.